The van der Waals surface area contributed by atoms with Crippen LogP contribution in [0.15, 0.2) is 12.1 Å². The zero-order valence-electron chi connectivity index (χ0n) is 12.8. The van der Waals surface area contributed by atoms with Crippen LogP contribution in [0.5, 0.6) is 0 Å². The topological polar surface area (TPSA) is 36.4 Å². The molecule has 0 aromatic carbocycles. The van der Waals surface area contributed by atoms with Gasteiger partial charge in [-0.2, -0.15) is 0 Å². The van der Waals surface area contributed by atoms with Gasteiger partial charge in [-0.1, -0.05) is 27.2 Å². The van der Waals surface area contributed by atoms with Gasteiger partial charge >= 0.3 is 0 Å². The minimum Gasteiger partial charge on any atom is -0.392 e. The second kappa shape index (κ2) is 8.16. The zero-order valence-corrected chi connectivity index (χ0v) is 12.8. The molecule has 1 rings (SSSR count). The molecule has 0 spiro atoms. The van der Waals surface area contributed by atoms with Crippen molar-refractivity contribution in [3.63, 3.8) is 0 Å². The fraction of sp³-hybridized carbons (Fsp3) is 0.688. The number of anilines is 1. The van der Waals surface area contributed by atoms with Crippen LogP contribution in [0.4, 0.5) is 5.82 Å². The third-order valence-corrected chi connectivity index (χ3v) is 3.64. The van der Waals surface area contributed by atoms with E-state index in [1.165, 1.54) is 12.8 Å². The van der Waals surface area contributed by atoms with Gasteiger partial charge in [0, 0.05) is 18.3 Å². The molecule has 1 aromatic rings. The number of aryl methyl sites for hydroxylation is 1. The van der Waals surface area contributed by atoms with Gasteiger partial charge in [0.1, 0.15) is 5.82 Å². The number of rotatable bonds is 8. The number of hydrogen-bond acceptors (Lipinski definition) is 3. The van der Waals surface area contributed by atoms with E-state index in [2.05, 4.69) is 32.6 Å². The lowest BCUT2D eigenvalue weighted by atomic mass is 10.1. The van der Waals surface area contributed by atoms with Crippen LogP contribution in [0.1, 0.15) is 58.2 Å². The first-order valence-corrected chi connectivity index (χ1v) is 7.53. The largest absolute Gasteiger partial charge is 0.392 e. The Labute approximate surface area is 117 Å². The summed E-state index contributed by atoms with van der Waals surface area (Å²) in [7, 11) is 0. The Morgan fingerprint density at radius 3 is 2.53 bits per heavy atom. The van der Waals surface area contributed by atoms with Gasteiger partial charge in [-0.3, -0.25) is 0 Å². The molecule has 0 amide bonds. The molecule has 108 valence electrons. The molecule has 1 N–H and O–H groups in total. The normalized spacial score (nSPS) is 12.5. The van der Waals surface area contributed by atoms with E-state index in [0.29, 0.717) is 6.04 Å². The Morgan fingerprint density at radius 2 is 2.00 bits per heavy atom. The average Bonchev–Trinajstić information content (AvgIpc) is 2.46. The van der Waals surface area contributed by atoms with E-state index in [0.717, 1.165) is 36.5 Å². The number of aliphatic hydroxyl groups is 1. The van der Waals surface area contributed by atoms with Crippen molar-refractivity contribution in [3.8, 4) is 0 Å². The van der Waals surface area contributed by atoms with E-state index in [-0.39, 0.29) is 6.61 Å². The molecule has 0 saturated carbocycles. The average molecular weight is 264 g/mol. The molecule has 19 heavy (non-hydrogen) atoms. The predicted octanol–water partition coefficient (Wildman–Crippen LogP) is 3.54. The number of pyridine rings is 1. The van der Waals surface area contributed by atoms with E-state index >= 15 is 0 Å². The predicted molar refractivity (Wildman–Crippen MR) is 81.5 cm³/mol. The molecule has 3 nitrogen and oxygen atoms in total. The van der Waals surface area contributed by atoms with Gasteiger partial charge in [-0.15, -0.1) is 0 Å². The molecule has 0 bridgehead atoms. The van der Waals surface area contributed by atoms with Crippen molar-refractivity contribution in [2.45, 2.75) is 66.0 Å². The van der Waals surface area contributed by atoms with E-state index < -0.39 is 0 Å². The number of aliphatic hydroxyl groups excluding tert-OH is 1. The third kappa shape index (κ3) is 4.50. The number of unbranched alkanes of at least 4 members (excludes halogenated alkanes) is 1. The molecule has 0 radical (unpaired) electrons. The highest BCUT2D eigenvalue weighted by Gasteiger charge is 2.15. The van der Waals surface area contributed by atoms with Gasteiger partial charge in [-0.05, 0) is 43.9 Å². The van der Waals surface area contributed by atoms with Gasteiger partial charge in [0.25, 0.3) is 0 Å². The number of aromatic nitrogens is 1. The number of hydrogen-bond donors (Lipinski definition) is 1. The summed E-state index contributed by atoms with van der Waals surface area (Å²) < 4.78 is 0. The first-order valence-electron chi connectivity index (χ1n) is 7.53. The fourth-order valence-corrected chi connectivity index (χ4v) is 2.16. The molecular formula is C16H28N2O. The highest BCUT2D eigenvalue weighted by atomic mass is 16.3. The molecule has 0 aliphatic heterocycles. The van der Waals surface area contributed by atoms with E-state index in [1.807, 2.05) is 12.1 Å². The minimum atomic E-state index is 0.0879. The fourth-order valence-electron chi connectivity index (χ4n) is 2.16. The first kappa shape index (κ1) is 16.0. The van der Waals surface area contributed by atoms with Gasteiger partial charge in [-0.25, -0.2) is 4.98 Å². The van der Waals surface area contributed by atoms with Crippen molar-refractivity contribution in [3.05, 3.63) is 23.4 Å². The van der Waals surface area contributed by atoms with Crippen molar-refractivity contribution in [1.29, 1.82) is 0 Å². The molecular weight excluding hydrogens is 236 g/mol. The summed E-state index contributed by atoms with van der Waals surface area (Å²) in [5, 5.41) is 9.39. The molecule has 1 unspecified atom stereocenters. The minimum absolute atomic E-state index is 0.0879. The van der Waals surface area contributed by atoms with Crippen LogP contribution in [0, 0.1) is 0 Å². The van der Waals surface area contributed by atoms with Crippen LogP contribution >= 0.6 is 0 Å². The summed E-state index contributed by atoms with van der Waals surface area (Å²) in [6.45, 7) is 9.90. The SMILES string of the molecule is CCCCN(c1cc(CO)cc(CC)n1)C(C)CC. The van der Waals surface area contributed by atoms with Crippen molar-refractivity contribution in [2.75, 3.05) is 11.4 Å². The van der Waals surface area contributed by atoms with Crippen LogP contribution < -0.4 is 4.90 Å². The van der Waals surface area contributed by atoms with Gasteiger partial charge in [0.05, 0.1) is 6.61 Å². The molecule has 1 aromatic heterocycles. The highest BCUT2D eigenvalue weighted by molar-refractivity contribution is 5.43. The Hall–Kier alpha value is -1.09. The highest BCUT2D eigenvalue weighted by Crippen LogP contribution is 2.20. The standard InChI is InChI=1S/C16H28N2O/c1-5-8-9-18(13(4)6-2)16-11-14(12-19)10-15(7-3)17-16/h10-11,13,19H,5-9,12H2,1-4H3. The van der Waals surface area contributed by atoms with Crippen molar-refractivity contribution in [1.82, 2.24) is 4.98 Å². The zero-order chi connectivity index (χ0) is 14.3. The van der Waals surface area contributed by atoms with Crippen LogP contribution in [0.2, 0.25) is 0 Å². The van der Waals surface area contributed by atoms with E-state index in [9.17, 15) is 5.11 Å². The lowest BCUT2D eigenvalue weighted by molar-refractivity contribution is 0.281. The smallest absolute Gasteiger partial charge is 0.129 e. The summed E-state index contributed by atoms with van der Waals surface area (Å²) in [5.41, 5.74) is 2.03. The van der Waals surface area contributed by atoms with Crippen LogP contribution in [0.25, 0.3) is 0 Å². The Balaban J connectivity index is 3.05. The van der Waals surface area contributed by atoms with E-state index in [1.54, 1.807) is 0 Å². The molecule has 0 aliphatic rings. The summed E-state index contributed by atoms with van der Waals surface area (Å²) in [5.74, 6) is 1.02. The van der Waals surface area contributed by atoms with E-state index in [4.69, 9.17) is 4.98 Å². The second-order valence-corrected chi connectivity index (χ2v) is 5.14. The van der Waals surface area contributed by atoms with Crippen LogP contribution in [-0.2, 0) is 13.0 Å². The molecule has 1 heterocycles. The van der Waals surface area contributed by atoms with Crippen molar-refractivity contribution < 1.29 is 5.11 Å². The maximum atomic E-state index is 9.39. The molecule has 3 heteroatoms. The Kier molecular flexibility index (Phi) is 6.85. The molecule has 0 aliphatic carbocycles. The summed E-state index contributed by atoms with van der Waals surface area (Å²) in [6.07, 6.45) is 4.38. The second-order valence-electron chi connectivity index (χ2n) is 5.14. The van der Waals surface area contributed by atoms with Crippen LogP contribution in [0.3, 0.4) is 0 Å². The maximum absolute atomic E-state index is 9.39. The van der Waals surface area contributed by atoms with Gasteiger partial charge in [0.2, 0.25) is 0 Å². The van der Waals surface area contributed by atoms with Gasteiger partial charge < -0.3 is 10.0 Å². The first-order chi connectivity index (χ1) is 9.15. The monoisotopic (exact) mass is 264 g/mol. The summed E-state index contributed by atoms with van der Waals surface area (Å²) in [6, 6.07) is 4.51. The summed E-state index contributed by atoms with van der Waals surface area (Å²) in [4.78, 5) is 7.11. The summed E-state index contributed by atoms with van der Waals surface area (Å²) >= 11 is 0. The van der Waals surface area contributed by atoms with Gasteiger partial charge in [0.15, 0.2) is 0 Å². The lowest BCUT2D eigenvalue weighted by Gasteiger charge is -2.30. The quantitative estimate of drug-likeness (QED) is 0.780. The van der Waals surface area contributed by atoms with Crippen LogP contribution in [-0.4, -0.2) is 22.7 Å². The Bertz CT molecular complexity index is 357. The molecule has 1 atom stereocenters. The Morgan fingerprint density at radius 1 is 1.26 bits per heavy atom. The third-order valence-electron chi connectivity index (χ3n) is 3.64. The van der Waals surface area contributed by atoms with Crippen molar-refractivity contribution in [2.24, 2.45) is 0 Å². The van der Waals surface area contributed by atoms with Crippen molar-refractivity contribution >= 4 is 5.82 Å². The number of nitrogens with zero attached hydrogens (tertiary/aromatic N) is 2. The molecule has 0 fully saturated rings. The molecule has 0 saturated heterocycles. The lowest BCUT2D eigenvalue weighted by Crippen LogP contribution is -2.34. The maximum Gasteiger partial charge on any atom is 0.129 e.